The maximum atomic E-state index is 11.9. The monoisotopic (exact) mass is 225 g/mol. The molecule has 1 aromatic heterocycles. The van der Waals surface area contributed by atoms with E-state index in [0.717, 1.165) is 13.0 Å². The standard InChI is InChI=1S/C11H19N3O2/c1-3-14-7-6-13-11(14)10(15)9(12)5-4-8-16-2/h6-7,9H,3-5,8,12H2,1-2H3. The van der Waals surface area contributed by atoms with Gasteiger partial charge in [-0.15, -0.1) is 0 Å². The third kappa shape index (κ3) is 3.15. The number of aryl methyl sites for hydroxylation is 1. The molecule has 5 nitrogen and oxygen atoms in total. The molecule has 0 amide bonds. The van der Waals surface area contributed by atoms with E-state index < -0.39 is 6.04 Å². The predicted octanol–water partition coefficient (Wildman–Crippen LogP) is 0.840. The van der Waals surface area contributed by atoms with Crippen LogP contribution in [0.1, 0.15) is 30.4 Å². The molecule has 1 atom stereocenters. The lowest BCUT2D eigenvalue weighted by atomic mass is 10.1. The lowest BCUT2D eigenvalue weighted by Gasteiger charge is -2.10. The van der Waals surface area contributed by atoms with Gasteiger partial charge in [0.25, 0.3) is 0 Å². The Morgan fingerprint density at radius 2 is 2.44 bits per heavy atom. The molecule has 0 aliphatic carbocycles. The fourth-order valence-corrected chi connectivity index (χ4v) is 1.53. The predicted molar refractivity (Wildman–Crippen MR) is 61.3 cm³/mol. The van der Waals surface area contributed by atoms with Crippen molar-refractivity contribution in [2.24, 2.45) is 5.73 Å². The van der Waals surface area contributed by atoms with Crippen LogP contribution in [0.5, 0.6) is 0 Å². The van der Waals surface area contributed by atoms with Crippen molar-refractivity contribution >= 4 is 5.78 Å². The van der Waals surface area contributed by atoms with Crippen LogP contribution in [0, 0.1) is 0 Å². The number of hydrogen-bond donors (Lipinski definition) is 1. The Balaban J connectivity index is 2.56. The number of carbonyl (C=O) groups excluding carboxylic acids is 1. The largest absolute Gasteiger partial charge is 0.385 e. The quantitative estimate of drug-likeness (QED) is 0.551. The summed E-state index contributed by atoms with van der Waals surface area (Å²) >= 11 is 0. The van der Waals surface area contributed by atoms with E-state index in [1.54, 1.807) is 24.1 Å². The molecule has 90 valence electrons. The van der Waals surface area contributed by atoms with Crippen LogP contribution in [-0.4, -0.2) is 35.1 Å². The summed E-state index contributed by atoms with van der Waals surface area (Å²) < 4.78 is 6.72. The second-order valence-electron chi connectivity index (χ2n) is 3.64. The number of Topliss-reactive ketones (excluding diaryl/α,β-unsaturated/α-hetero) is 1. The van der Waals surface area contributed by atoms with Gasteiger partial charge in [0.2, 0.25) is 5.78 Å². The van der Waals surface area contributed by atoms with Crippen molar-refractivity contribution in [1.29, 1.82) is 0 Å². The molecule has 2 N–H and O–H groups in total. The fourth-order valence-electron chi connectivity index (χ4n) is 1.53. The third-order valence-corrected chi connectivity index (χ3v) is 2.48. The number of carbonyl (C=O) groups is 1. The molecular formula is C11H19N3O2. The van der Waals surface area contributed by atoms with Crippen molar-refractivity contribution in [3.8, 4) is 0 Å². The molecule has 0 saturated carbocycles. The molecule has 0 aromatic carbocycles. The van der Waals surface area contributed by atoms with Gasteiger partial charge >= 0.3 is 0 Å². The first-order valence-electron chi connectivity index (χ1n) is 5.50. The SMILES string of the molecule is CCn1ccnc1C(=O)C(N)CCCOC. The van der Waals surface area contributed by atoms with E-state index in [1.807, 2.05) is 6.92 Å². The van der Waals surface area contributed by atoms with Gasteiger partial charge in [0.1, 0.15) is 0 Å². The average Bonchev–Trinajstić information content (AvgIpc) is 2.76. The van der Waals surface area contributed by atoms with Crippen LogP contribution in [0.3, 0.4) is 0 Å². The lowest BCUT2D eigenvalue weighted by molar-refractivity contribution is 0.0936. The Morgan fingerprint density at radius 3 is 3.06 bits per heavy atom. The Hall–Kier alpha value is -1.20. The molecule has 1 aromatic rings. The summed E-state index contributed by atoms with van der Waals surface area (Å²) in [7, 11) is 1.64. The van der Waals surface area contributed by atoms with E-state index in [-0.39, 0.29) is 5.78 Å². The van der Waals surface area contributed by atoms with Gasteiger partial charge in [-0.2, -0.15) is 0 Å². The molecule has 0 radical (unpaired) electrons. The van der Waals surface area contributed by atoms with Crippen molar-refractivity contribution in [2.75, 3.05) is 13.7 Å². The smallest absolute Gasteiger partial charge is 0.214 e. The summed E-state index contributed by atoms with van der Waals surface area (Å²) in [6.07, 6.45) is 4.83. The molecule has 1 rings (SSSR count). The fraction of sp³-hybridized carbons (Fsp3) is 0.636. The summed E-state index contributed by atoms with van der Waals surface area (Å²) in [5.41, 5.74) is 5.81. The van der Waals surface area contributed by atoms with Crippen LogP contribution < -0.4 is 5.73 Å². The second-order valence-corrected chi connectivity index (χ2v) is 3.64. The number of rotatable bonds is 7. The second kappa shape index (κ2) is 6.40. The first-order valence-corrected chi connectivity index (χ1v) is 5.50. The molecule has 1 heterocycles. The number of nitrogens with zero attached hydrogens (tertiary/aromatic N) is 2. The van der Waals surface area contributed by atoms with Gasteiger partial charge in [-0.25, -0.2) is 4.98 Å². The highest BCUT2D eigenvalue weighted by atomic mass is 16.5. The molecule has 0 saturated heterocycles. The van der Waals surface area contributed by atoms with Gasteiger partial charge < -0.3 is 15.0 Å². The Bertz CT molecular complexity index is 336. The molecular weight excluding hydrogens is 206 g/mol. The summed E-state index contributed by atoms with van der Waals surface area (Å²) in [4.78, 5) is 16.0. The summed E-state index contributed by atoms with van der Waals surface area (Å²) in [5.74, 6) is 0.357. The molecule has 1 unspecified atom stereocenters. The normalized spacial score (nSPS) is 12.7. The topological polar surface area (TPSA) is 70.1 Å². The highest BCUT2D eigenvalue weighted by Gasteiger charge is 2.19. The van der Waals surface area contributed by atoms with E-state index >= 15 is 0 Å². The van der Waals surface area contributed by atoms with Crippen LogP contribution in [0.25, 0.3) is 0 Å². The van der Waals surface area contributed by atoms with E-state index in [9.17, 15) is 4.79 Å². The minimum Gasteiger partial charge on any atom is -0.385 e. The van der Waals surface area contributed by atoms with Crippen molar-refractivity contribution in [3.05, 3.63) is 18.2 Å². The molecule has 0 fully saturated rings. The van der Waals surface area contributed by atoms with E-state index in [2.05, 4.69) is 4.98 Å². The molecule has 16 heavy (non-hydrogen) atoms. The Kier molecular flexibility index (Phi) is 5.14. The number of ketones is 1. The van der Waals surface area contributed by atoms with E-state index in [0.29, 0.717) is 18.9 Å². The summed E-state index contributed by atoms with van der Waals surface area (Å²) in [6, 6.07) is -0.483. The van der Waals surface area contributed by atoms with Gasteiger partial charge in [-0.05, 0) is 19.8 Å². The Morgan fingerprint density at radius 1 is 1.69 bits per heavy atom. The zero-order valence-corrected chi connectivity index (χ0v) is 9.85. The number of aromatic nitrogens is 2. The van der Waals surface area contributed by atoms with Crippen LogP contribution in [-0.2, 0) is 11.3 Å². The van der Waals surface area contributed by atoms with Gasteiger partial charge in [-0.3, -0.25) is 4.79 Å². The zero-order chi connectivity index (χ0) is 12.0. The first kappa shape index (κ1) is 12.9. The highest BCUT2D eigenvalue weighted by molar-refractivity contribution is 5.96. The van der Waals surface area contributed by atoms with Crippen molar-refractivity contribution in [2.45, 2.75) is 32.4 Å². The minimum atomic E-state index is -0.483. The molecule has 0 aliphatic rings. The van der Waals surface area contributed by atoms with Crippen molar-refractivity contribution in [3.63, 3.8) is 0 Å². The number of ether oxygens (including phenoxy) is 1. The molecule has 5 heteroatoms. The number of imidazole rings is 1. The van der Waals surface area contributed by atoms with Gasteiger partial charge in [0.05, 0.1) is 6.04 Å². The van der Waals surface area contributed by atoms with Crippen molar-refractivity contribution < 1.29 is 9.53 Å². The molecule has 0 spiro atoms. The van der Waals surface area contributed by atoms with Crippen LogP contribution in [0.15, 0.2) is 12.4 Å². The highest BCUT2D eigenvalue weighted by Crippen LogP contribution is 2.05. The number of nitrogens with two attached hydrogens (primary N) is 1. The third-order valence-electron chi connectivity index (χ3n) is 2.48. The summed E-state index contributed by atoms with van der Waals surface area (Å²) in [6.45, 7) is 3.32. The first-order chi connectivity index (χ1) is 7.70. The van der Waals surface area contributed by atoms with Crippen molar-refractivity contribution in [1.82, 2.24) is 9.55 Å². The van der Waals surface area contributed by atoms with Gasteiger partial charge in [0.15, 0.2) is 5.82 Å². The maximum absolute atomic E-state index is 11.9. The van der Waals surface area contributed by atoms with Gasteiger partial charge in [-0.1, -0.05) is 0 Å². The maximum Gasteiger partial charge on any atom is 0.214 e. The van der Waals surface area contributed by atoms with Gasteiger partial charge in [0, 0.05) is 32.7 Å². The van der Waals surface area contributed by atoms with Crippen LogP contribution in [0.4, 0.5) is 0 Å². The summed E-state index contributed by atoms with van der Waals surface area (Å²) in [5, 5.41) is 0. The lowest BCUT2D eigenvalue weighted by Crippen LogP contribution is -2.32. The number of hydrogen-bond acceptors (Lipinski definition) is 4. The van der Waals surface area contributed by atoms with Crippen LogP contribution >= 0.6 is 0 Å². The average molecular weight is 225 g/mol. The minimum absolute atomic E-state index is 0.0945. The van der Waals surface area contributed by atoms with E-state index in [4.69, 9.17) is 10.5 Å². The van der Waals surface area contributed by atoms with Crippen LogP contribution in [0.2, 0.25) is 0 Å². The molecule has 0 aliphatic heterocycles. The molecule has 0 bridgehead atoms. The zero-order valence-electron chi connectivity index (χ0n) is 9.85. The number of methoxy groups -OCH3 is 1. The van der Waals surface area contributed by atoms with E-state index in [1.165, 1.54) is 0 Å². The Labute approximate surface area is 95.6 Å².